The third-order valence-corrected chi connectivity index (χ3v) is 4.10. The average Bonchev–Trinajstić information content (AvgIpc) is 3.41. The molecule has 0 spiro atoms. The van der Waals surface area contributed by atoms with Crippen molar-refractivity contribution >= 4 is 23.0 Å². The summed E-state index contributed by atoms with van der Waals surface area (Å²) in [5.41, 5.74) is 2.63. The lowest BCUT2D eigenvalue weighted by atomic mass is 10.2. The zero-order chi connectivity index (χ0) is 20.8. The molecule has 8 nitrogen and oxygen atoms in total. The van der Waals surface area contributed by atoms with E-state index in [4.69, 9.17) is 4.84 Å². The van der Waals surface area contributed by atoms with Crippen molar-refractivity contribution in [1.29, 1.82) is 0 Å². The van der Waals surface area contributed by atoms with Gasteiger partial charge < -0.3 is 8.80 Å². The Balaban J connectivity index is 0.000000166. The number of carbonyl (C=O) groups is 2. The number of fused-ring (bicyclic) bond motifs is 2. The van der Waals surface area contributed by atoms with Gasteiger partial charge in [-0.05, 0) is 37.1 Å². The van der Waals surface area contributed by atoms with E-state index in [1.807, 2.05) is 21.2 Å². The fourth-order valence-corrected chi connectivity index (χ4v) is 2.55. The predicted molar refractivity (Wildman–Crippen MR) is 107 cm³/mol. The monoisotopic (exact) mass is 389 g/mol. The first kappa shape index (κ1) is 19.8. The molecule has 0 fully saturated rings. The van der Waals surface area contributed by atoms with Gasteiger partial charge in [0, 0.05) is 55.4 Å². The lowest BCUT2D eigenvalue weighted by Gasteiger charge is -2.13. The van der Waals surface area contributed by atoms with Gasteiger partial charge in [0.25, 0.3) is 5.91 Å². The van der Waals surface area contributed by atoms with Crippen molar-refractivity contribution in [1.82, 2.24) is 23.8 Å². The van der Waals surface area contributed by atoms with Crippen molar-refractivity contribution in [2.75, 3.05) is 14.2 Å². The highest BCUT2D eigenvalue weighted by Gasteiger charge is 2.11. The van der Waals surface area contributed by atoms with Crippen LogP contribution >= 0.6 is 0 Å². The Labute approximate surface area is 167 Å². The molecule has 0 atom stereocenters. The van der Waals surface area contributed by atoms with E-state index >= 15 is 0 Å². The number of hydrogen-bond acceptors (Lipinski definition) is 5. The van der Waals surface area contributed by atoms with E-state index in [2.05, 4.69) is 21.8 Å². The first-order valence-electron chi connectivity index (χ1n) is 8.68. The smallest absolute Gasteiger partial charge is 0.277 e. The number of Topliss-reactive ketones (excluding diaryl/α,β-unsaturated/α-hetero) is 1. The molecule has 0 aliphatic carbocycles. The number of rotatable bonds is 3. The van der Waals surface area contributed by atoms with E-state index in [0.29, 0.717) is 11.1 Å². The summed E-state index contributed by atoms with van der Waals surface area (Å²) in [4.78, 5) is 36.1. The minimum absolute atomic E-state index is 0.169. The largest absolute Gasteiger partial charge is 0.307 e. The van der Waals surface area contributed by atoms with Crippen LogP contribution in [0.15, 0.2) is 61.4 Å². The minimum Gasteiger partial charge on any atom is -0.307 e. The van der Waals surface area contributed by atoms with Crippen LogP contribution in [0.5, 0.6) is 0 Å². The minimum atomic E-state index is -0.192. The lowest BCUT2D eigenvalue weighted by Crippen LogP contribution is -2.25. The van der Waals surface area contributed by atoms with Crippen LogP contribution in [0, 0.1) is 11.8 Å². The topological polar surface area (TPSA) is 81.2 Å². The van der Waals surface area contributed by atoms with Gasteiger partial charge in [-0.1, -0.05) is 5.92 Å². The maximum atomic E-state index is 11.7. The summed E-state index contributed by atoms with van der Waals surface area (Å²) in [6.45, 7) is 1.64. The molecule has 4 rings (SSSR count). The number of aromatic nitrogens is 4. The van der Waals surface area contributed by atoms with Crippen LogP contribution in [-0.2, 0) is 4.84 Å². The van der Waals surface area contributed by atoms with Crippen LogP contribution in [0.25, 0.3) is 11.3 Å². The highest BCUT2D eigenvalue weighted by atomic mass is 16.7. The van der Waals surface area contributed by atoms with Gasteiger partial charge in [0.15, 0.2) is 0 Å². The molecule has 0 unspecified atom stereocenters. The number of nitrogens with zero attached hydrogens (tertiary/aromatic N) is 5. The molecule has 0 saturated carbocycles. The van der Waals surface area contributed by atoms with Gasteiger partial charge in [0.1, 0.15) is 11.3 Å². The second-order valence-corrected chi connectivity index (χ2v) is 5.91. The maximum Gasteiger partial charge on any atom is 0.277 e. The standard InChI is InChI=1S/C11H8N2O.C10H11N3O2/c1-2-3-10(14)9-4-6-13-7-5-12-11(13)8-9;1-12(15-2)10(14)8-3-5-13-6-4-11-9(13)7-8/h4-8H,1H3;3-7H,1-2H3. The van der Waals surface area contributed by atoms with Crippen molar-refractivity contribution < 1.29 is 14.4 Å². The molecular formula is C21H19N5O3. The van der Waals surface area contributed by atoms with Gasteiger partial charge in [-0.2, -0.15) is 0 Å². The highest BCUT2D eigenvalue weighted by Crippen LogP contribution is 2.08. The zero-order valence-corrected chi connectivity index (χ0v) is 16.2. The first-order valence-corrected chi connectivity index (χ1v) is 8.68. The second kappa shape index (κ2) is 8.82. The summed E-state index contributed by atoms with van der Waals surface area (Å²) in [5.74, 6) is 4.71. The molecule has 8 heteroatoms. The summed E-state index contributed by atoms with van der Waals surface area (Å²) >= 11 is 0. The normalized spacial score (nSPS) is 10.0. The molecule has 4 aromatic rings. The molecule has 29 heavy (non-hydrogen) atoms. The van der Waals surface area contributed by atoms with Gasteiger partial charge in [0.05, 0.1) is 7.11 Å². The Kier molecular flexibility index (Phi) is 6.02. The quantitative estimate of drug-likeness (QED) is 0.233. The van der Waals surface area contributed by atoms with Crippen LogP contribution in [0.2, 0.25) is 0 Å². The van der Waals surface area contributed by atoms with Crippen LogP contribution in [0.1, 0.15) is 27.6 Å². The van der Waals surface area contributed by atoms with Gasteiger partial charge >= 0.3 is 0 Å². The van der Waals surface area contributed by atoms with Crippen molar-refractivity contribution in [3.63, 3.8) is 0 Å². The van der Waals surface area contributed by atoms with Crippen molar-refractivity contribution in [3.05, 3.63) is 72.6 Å². The fraction of sp³-hybridized carbons (Fsp3) is 0.143. The molecule has 0 aromatic carbocycles. The van der Waals surface area contributed by atoms with Gasteiger partial charge in [-0.3, -0.25) is 14.4 Å². The first-order chi connectivity index (χ1) is 14.0. The number of ketones is 1. The van der Waals surface area contributed by atoms with E-state index in [1.54, 1.807) is 63.0 Å². The Hall–Kier alpha value is -3.96. The van der Waals surface area contributed by atoms with E-state index in [-0.39, 0.29) is 11.7 Å². The lowest BCUT2D eigenvalue weighted by molar-refractivity contribution is -0.0756. The number of pyridine rings is 2. The van der Waals surface area contributed by atoms with E-state index in [1.165, 1.54) is 12.2 Å². The predicted octanol–water partition coefficient (Wildman–Crippen LogP) is 2.51. The summed E-state index contributed by atoms with van der Waals surface area (Å²) in [6, 6.07) is 6.92. The molecule has 1 amide bonds. The summed E-state index contributed by atoms with van der Waals surface area (Å²) in [7, 11) is 3.02. The number of hydrogen-bond donors (Lipinski definition) is 0. The molecule has 0 saturated heterocycles. The number of amides is 1. The second-order valence-electron chi connectivity index (χ2n) is 5.91. The Morgan fingerprint density at radius 3 is 2.07 bits per heavy atom. The molecule has 0 bridgehead atoms. The maximum absolute atomic E-state index is 11.7. The average molecular weight is 389 g/mol. The fourth-order valence-electron chi connectivity index (χ4n) is 2.55. The summed E-state index contributed by atoms with van der Waals surface area (Å²) in [5, 5.41) is 1.18. The molecule has 4 aromatic heterocycles. The highest BCUT2D eigenvalue weighted by molar-refractivity contribution is 6.09. The van der Waals surface area contributed by atoms with Gasteiger partial charge in [-0.15, -0.1) is 0 Å². The zero-order valence-electron chi connectivity index (χ0n) is 16.2. The van der Waals surface area contributed by atoms with Gasteiger partial charge in [-0.25, -0.2) is 15.0 Å². The molecule has 0 N–H and O–H groups in total. The molecular weight excluding hydrogens is 370 g/mol. The Morgan fingerprint density at radius 2 is 1.52 bits per heavy atom. The van der Waals surface area contributed by atoms with E-state index < -0.39 is 0 Å². The summed E-state index contributed by atoms with van der Waals surface area (Å²) in [6.07, 6.45) is 10.6. The third kappa shape index (κ3) is 4.48. The van der Waals surface area contributed by atoms with E-state index in [9.17, 15) is 9.59 Å². The Morgan fingerprint density at radius 1 is 0.966 bits per heavy atom. The van der Waals surface area contributed by atoms with Crippen LogP contribution in [-0.4, -0.2) is 49.7 Å². The number of imidazole rings is 2. The molecule has 0 radical (unpaired) electrons. The van der Waals surface area contributed by atoms with Crippen molar-refractivity contribution in [2.24, 2.45) is 0 Å². The van der Waals surface area contributed by atoms with Crippen molar-refractivity contribution in [2.45, 2.75) is 6.92 Å². The molecule has 0 aliphatic rings. The SMILES string of the molecule is CC#CC(=O)c1ccn2ccnc2c1.CON(C)C(=O)c1ccn2ccnc2c1. The number of carbonyl (C=O) groups excluding carboxylic acids is 2. The van der Waals surface area contributed by atoms with Crippen molar-refractivity contribution in [3.8, 4) is 11.8 Å². The van der Waals surface area contributed by atoms with Gasteiger partial charge in [0.2, 0.25) is 5.78 Å². The number of hydroxylamine groups is 2. The van der Waals surface area contributed by atoms with Crippen LogP contribution < -0.4 is 0 Å². The molecule has 4 heterocycles. The molecule has 146 valence electrons. The van der Waals surface area contributed by atoms with Crippen LogP contribution in [0.4, 0.5) is 0 Å². The van der Waals surface area contributed by atoms with E-state index in [0.717, 1.165) is 11.3 Å². The third-order valence-electron chi connectivity index (χ3n) is 4.10. The Bertz CT molecular complexity index is 1230. The summed E-state index contributed by atoms with van der Waals surface area (Å²) < 4.78 is 3.68. The van der Waals surface area contributed by atoms with Crippen LogP contribution in [0.3, 0.4) is 0 Å². The molecule has 0 aliphatic heterocycles.